The summed E-state index contributed by atoms with van der Waals surface area (Å²) in [6.07, 6.45) is 10.3. The smallest absolute Gasteiger partial charge is 0.308 e. The standard InChI is InChI=1S/C16H26O4/c1-18-15(17)12-3-5-13(6-4-12)20-14-7-10-19-16(11-14)8-2-9-16/h12-14H,2-11H2,1H3. The molecule has 1 unspecified atom stereocenters. The molecule has 114 valence electrons. The van der Waals surface area contributed by atoms with Gasteiger partial charge >= 0.3 is 5.97 Å². The first kappa shape index (κ1) is 14.3. The lowest BCUT2D eigenvalue weighted by atomic mass is 9.74. The monoisotopic (exact) mass is 282 g/mol. The second kappa shape index (κ2) is 6.02. The molecule has 0 aromatic rings. The fourth-order valence-corrected chi connectivity index (χ4v) is 3.89. The lowest BCUT2D eigenvalue weighted by Gasteiger charge is -2.47. The third-order valence-corrected chi connectivity index (χ3v) is 5.31. The molecule has 2 aliphatic carbocycles. The molecule has 4 nitrogen and oxygen atoms in total. The molecule has 4 heteroatoms. The van der Waals surface area contributed by atoms with Gasteiger partial charge in [0.25, 0.3) is 0 Å². The van der Waals surface area contributed by atoms with Crippen molar-refractivity contribution >= 4 is 5.97 Å². The minimum absolute atomic E-state index is 0.0528. The Morgan fingerprint density at radius 2 is 1.85 bits per heavy atom. The maximum absolute atomic E-state index is 11.5. The molecule has 1 spiro atoms. The van der Waals surface area contributed by atoms with Gasteiger partial charge < -0.3 is 14.2 Å². The van der Waals surface area contributed by atoms with Crippen LogP contribution in [0.1, 0.15) is 57.8 Å². The van der Waals surface area contributed by atoms with Gasteiger partial charge in [-0.1, -0.05) is 0 Å². The highest BCUT2D eigenvalue weighted by Gasteiger charge is 2.43. The number of esters is 1. The van der Waals surface area contributed by atoms with E-state index in [0.717, 1.165) is 45.1 Å². The number of methoxy groups -OCH3 is 1. The molecule has 1 atom stereocenters. The summed E-state index contributed by atoms with van der Waals surface area (Å²) in [6, 6.07) is 0. The number of hydrogen-bond acceptors (Lipinski definition) is 4. The summed E-state index contributed by atoms with van der Waals surface area (Å²) in [6.45, 7) is 0.849. The molecule has 3 rings (SSSR count). The lowest BCUT2D eigenvalue weighted by Crippen LogP contribution is -2.48. The largest absolute Gasteiger partial charge is 0.469 e. The molecule has 1 saturated heterocycles. The van der Waals surface area contributed by atoms with Crippen molar-refractivity contribution < 1.29 is 19.0 Å². The van der Waals surface area contributed by atoms with Crippen molar-refractivity contribution in [1.82, 2.24) is 0 Å². The minimum atomic E-state index is -0.0528. The highest BCUT2D eigenvalue weighted by atomic mass is 16.5. The van der Waals surface area contributed by atoms with Gasteiger partial charge in [-0.25, -0.2) is 0 Å². The van der Waals surface area contributed by atoms with Gasteiger partial charge in [0.05, 0.1) is 30.8 Å². The quantitative estimate of drug-likeness (QED) is 0.747. The average Bonchev–Trinajstić information content (AvgIpc) is 2.46. The van der Waals surface area contributed by atoms with Crippen LogP contribution in [0.4, 0.5) is 0 Å². The molecule has 0 aromatic heterocycles. The maximum atomic E-state index is 11.5. The topological polar surface area (TPSA) is 44.8 Å². The van der Waals surface area contributed by atoms with Gasteiger partial charge in [0, 0.05) is 13.0 Å². The third-order valence-electron chi connectivity index (χ3n) is 5.31. The van der Waals surface area contributed by atoms with Crippen LogP contribution >= 0.6 is 0 Å². The molecule has 0 amide bonds. The summed E-state index contributed by atoms with van der Waals surface area (Å²) in [7, 11) is 1.48. The van der Waals surface area contributed by atoms with E-state index in [1.165, 1.54) is 26.4 Å². The summed E-state index contributed by atoms with van der Waals surface area (Å²) < 4.78 is 17.1. The second-order valence-electron chi connectivity index (χ2n) is 6.63. The van der Waals surface area contributed by atoms with Gasteiger partial charge in [-0.2, -0.15) is 0 Å². The Balaban J connectivity index is 1.44. The zero-order chi connectivity index (χ0) is 14.0. The number of hydrogen-bond donors (Lipinski definition) is 0. The summed E-state index contributed by atoms with van der Waals surface area (Å²) >= 11 is 0. The Morgan fingerprint density at radius 1 is 1.10 bits per heavy atom. The first-order valence-corrected chi connectivity index (χ1v) is 8.08. The van der Waals surface area contributed by atoms with Crippen LogP contribution in [0.25, 0.3) is 0 Å². The van der Waals surface area contributed by atoms with Crippen molar-refractivity contribution in [2.45, 2.75) is 75.6 Å². The molecular formula is C16H26O4. The van der Waals surface area contributed by atoms with Gasteiger partial charge in [0.15, 0.2) is 0 Å². The van der Waals surface area contributed by atoms with Crippen molar-refractivity contribution in [1.29, 1.82) is 0 Å². The van der Waals surface area contributed by atoms with Gasteiger partial charge in [0.2, 0.25) is 0 Å². The van der Waals surface area contributed by atoms with Crippen LogP contribution in [-0.2, 0) is 19.0 Å². The highest BCUT2D eigenvalue weighted by Crippen LogP contribution is 2.43. The van der Waals surface area contributed by atoms with Gasteiger partial charge in [-0.3, -0.25) is 4.79 Å². The molecule has 0 N–H and O–H groups in total. The van der Waals surface area contributed by atoms with Crippen LogP contribution in [0.2, 0.25) is 0 Å². The lowest BCUT2D eigenvalue weighted by molar-refractivity contribution is -0.182. The SMILES string of the molecule is COC(=O)C1CCC(OC2CCOC3(CCC3)C2)CC1. The van der Waals surface area contributed by atoms with Crippen molar-refractivity contribution in [3.05, 3.63) is 0 Å². The van der Waals surface area contributed by atoms with Crippen LogP contribution in [-0.4, -0.2) is 37.5 Å². The van der Waals surface area contributed by atoms with Crippen LogP contribution in [0.3, 0.4) is 0 Å². The second-order valence-corrected chi connectivity index (χ2v) is 6.63. The summed E-state index contributed by atoms with van der Waals surface area (Å²) in [5.74, 6) is 0.0375. The maximum Gasteiger partial charge on any atom is 0.308 e. The van der Waals surface area contributed by atoms with E-state index in [9.17, 15) is 4.79 Å². The Kier molecular flexibility index (Phi) is 4.32. The van der Waals surface area contributed by atoms with Crippen LogP contribution in [0.15, 0.2) is 0 Å². The Hall–Kier alpha value is -0.610. The fraction of sp³-hybridized carbons (Fsp3) is 0.938. The molecule has 0 bridgehead atoms. The first-order valence-electron chi connectivity index (χ1n) is 8.08. The Labute approximate surface area is 121 Å². The van der Waals surface area contributed by atoms with E-state index < -0.39 is 0 Å². The predicted molar refractivity (Wildman–Crippen MR) is 74.4 cm³/mol. The van der Waals surface area contributed by atoms with E-state index in [1.807, 2.05) is 0 Å². The molecular weight excluding hydrogens is 256 g/mol. The number of rotatable bonds is 3. The number of carbonyl (C=O) groups is 1. The average molecular weight is 282 g/mol. The van der Waals surface area contributed by atoms with Gasteiger partial charge in [-0.15, -0.1) is 0 Å². The van der Waals surface area contributed by atoms with Crippen molar-refractivity contribution in [2.24, 2.45) is 5.92 Å². The molecule has 0 aromatic carbocycles. The zero-order valence-corrected chi connectivity index (χ0v) is 12.4. The summed E-state index contributed by atoms with van der Waals surface area (Å²) in [4.78, 5) is 11.5. The predicted octanol–water partition coefficient (Wildman–Crippen LogP) is 2.84. The fourth-order valence-electron chi connectivity index (χ4n) is 3.89. The number of ether oxygens (including phenoxy) is 3. The summed E-state index contributed by atoms with van der Waals surface area (Å²) in [5, 5.41) is 0. The van der Waals surface area contributed by atoms with E-state index in [2.05, 4.69) is 0 Å². The Bertz CT molecular complexity index is 342. The van der Waals surface area contributed by atoms with Crippen molar-refractivity contribution in [3.63, 3.8) is 0 Å². The van der Waals surface area contributed by atoms with E-state index in [0.29, 0.717) is 12.2 Å². The molecule has 20 heavy (non-hydrogen) atoms. The van der Waals surface area contributed by atoms with Crippen LogP contribution < -0.4 is 0 Å². The Morgan fingerprint density at radius 3 is 2.45 bits per heavy atom. The molecule has 3 fully saturated rings. The van der Waals surface area contributed by atoms with Crippen LogP contribution in [0, 0.1) is 5.92 Å². The molecule has 1 heterocycles. The molecule has 2 saturated carbocycles. The third kappa shape index (κ3) is 3.01. The van der Waals surface area contributed by atoms with E-state index in [-0.39, 0.29) is 17.5 Å². The van der Waals surface area contributed by atoms with E-state index in [1.54, 1.807) is 0 Å². The van der Waals surface area contributed by atoms with E-state index in [4.69, 9.17) is 14.2 Å². The molecule has 3 aliphatic rings. The normalized spacial score (nSPS) is 36.4. The van der Waals surface area contributed by atoms with Crippen molar-refractivity contribution in [2.75, 3.05) is 13.7 Å². The first-order chi connectivity index (χ1) is 9.71. The molecule has 1 aliphatic heterocycles. The van der Waals surface area contributed by atoms with Gasteiger partial charge in [-0.05, 0) is 51.4 Å². The number of carbonyl (C=O) groups excluding carboxylic acids is 1. The van der Waals surface area contributed by atoms with Gasteiger partial charge in [0.1, 0.15) is 0 Å². The zero-order valence-electron chi connectivity index (χ0n) is 12.4. The van der Waals surface area contributed by atoms with E-state index >= 15 is 0 Å². The summed E-state index contributed by atoms with van der Waals surface area (Å²) in [5.41, 5.74) is 0.159. The molecule has 0 radical (unpaired) electrons. The van der Waals surface area contributed by atoms with Crippen LogP contribution in [0.5, 0.6) is 0 Å². The van der Waals surface area contributed by atoms with Crippen molar-refractivity contribution in [3.8, 4) is 0 Å². The minimum Gasteiger partial charge on any atom is -0.469 e. The highest BCUT2D eigenvalue weighted by molar-refractivity contribution is 5.72.